The quantitative estimate of drug-likeness (QED) is 0.179. The first-order valence-electron chi connectivity index (χ1n) is 11.1. The Morgan fingerprint density at radius 2 is 1.97 bits per heavy atom. The number of ether oxygens (including phenoxy) is 1. The summed E-state index contributed by atoms with van der Waals surface area (Å²) in [5.41, 5.74) is 8.01. The lowest BCUT2D eigenvalue weighted by Crippen LogP contribution is -2.33. The number of phenolic OH excluding ortho intramolecular Hbond substituents is 2. The topological polar surface area (TPSA) is 141 Å². The summed E-state index contributed by atoms with van der Waals surface area (Å²) >= 11 is 0. The summed E-state index contributed by atoms with van der Waals surface area (Å²) in [6, 6.07) is 10.4. The van der Waals surface area contributed by atoms with Crippen LogP contribution in [0.1, 0.15) is 25.7 Å². The van der Waals surface area contributed by atoms with Gasteiger partial charge in [0.2, 0.25) is 11.7 Å². The van der Waals surface area contributed by atoms with Crippen LogP contribution in [-0.2, 0) is 0 Å². The summed E-state index contributed by atoms with van der Waals surface area (Å²) in [6.07, 6.45) is 5.85. The van der Waals surface area contributed by atoms with E-state index in [1.54, 1.807) is 0 Å². The molecule has 9 nitrogen and oxygen atoms in total. The molecular weight excluding hydrogens is 439 g/mol. The van der Waals surface area contributed by atoms with Gasteiger partial charge >= 0.3 is 0 Å². The summed E-state index contributed by atoms with van der Waals surface area (Å²) in [7, 11) is 0. The number of hydrogen-bond donors (Lipinski definition) is 6. The van der Waals surface area contributed by atoms with Gasteiger partial charge in [-0.2, -0.15) is 4.98 Å². The van der Waals surface area contributed by atoms with Crippen molar-refractivity contribution in [2.24, 2.45) is 5.73 Å². The molecule has 0 amide bonds. The number of nitrogens with zero attached hydrogens (tertiary/aromatic N) is 2. The highest BCUT2D eigenvalue weighted by atomic mass is 19.1. The molecule has 1 fully saturated rings. The molecule has 0 aliphatic heterocycles. The van der Waals surface area contributed by atoms with E-state index in [1.807, 2.05) is 30.5 Å². The number of nitrogens with one attached hydrogen (secondary N) is 3. The number of hydrogen-bond acceptors (Lipinski definition) is 8. The Morgan fingerprint density at radius 3 is 2.82 bits per heavy atom. The maximum Gasteiger partial charge on any atom is 0.229 e. The van der Waals surface area contributed by atoms with Crippen LogP contribution < -0.4 is 21.1 Å². The SMILES string of the molecule is N[C@H]1CCCC(Oc2c(Nc3nc(Nc4cccc5[nH]ccc45)ncc3F)ccc(O)c2O)C1. The third-order valence-corrected chi connectivity index (χ3v) is 5.90. The van der Waals surface area contributed by atoms with E-state index in [9.17, 15) is 14.6 Å². The third-order valence-electron chi connectivity index (χ3n) is 5.90. The summed E-state index contributed by atoms with van der Waals surface area (Å²) in [6.45, 7) is 0. The van der Waals surface area contributed by atoms with Crippen LogP contribution in [0.2, 0.25) is 0 Å². The summed E-state index contributed by atoms with van der Waals surface area (Å²) in [4.78, 5) is 11.4. The van der Waals surface area contributed by atoms with Crippen LogP contribution in [0.3, 0.4) is 0 Å². The van der Waals surface area contributed by atoms with Gasteiger partial charge in [-0.1, -0.05) is 6.07 Å². The summed E-state index contributed by atoms with van der Waals surface area (Å²) in [5, 5.41) is 27.4. The minimum atomic E-state index is -0.691. The highest BCUT2D eigenvalue weighted by Crippen LogP contribution is 2.44. The van der Waals surface area contributed by atoms with Crippen molar-refractivity contribution in [3.8, 4) is 17.2 Å². The molecule has 10 heteroatoms. The van der Waals surface area contributed by atoms with Crippen LogP contribution in [0, 0.1) is 5.82 Å². The maximum absolute atomic E-state index is 14.6. The second-order valence-electron chi connectivity index (χ2n) is 8.36. The van der Waals surface area contributed by atoms with Crippen LogP contribution in [0.15, 0.2) is 48.8 Å². The van der Waals surface area contributed by atoms with Gasteiger partial charge in [0.05, 0.1) is 17.6 Å². The largest absolute Gasteiger partial charge is 0.504 e. The van der Waals surface area contributed by atoms with E-state index < -0.39 is 11.6 Å². The number of aromatic nitrogens is 3. The second-order valence-corrected chi connectivity index (χ2v) is 8.36. The number of anilines is 4. The lowest BCUT2D eigenvalue weighted by molar-refractivity contribution is 0.140. The van der Waals surface area contributed by atoms with Crippen LogP contribution in [0.5, 0.6) is 17.2 Å². The zero-order valence-corrected chi connectivity index (χ0v) is 18.3. The fraction of sp³-hybridized carbons (Fsp3) is 0.250. The van der Waals surface area contributed by atoms with Crippen molar-refractivity contribution < 1.29 is 19.3 Å². The molecule has 0 saturated heterocycles. The molecule has 1 unspecified atom stereocenters. The highest BCUT2D eigenvalue weighted by Gasteiger charge is 2.25. The smallest absolute Gasteiger partial charge is 0.229 e. The number of halogens is 1. The fourth-order valence-electron chi connectivity index (χ4n) is 4.19. The number of nitrogens with two attached hydrogens (primary N) is 1. The first-order valence-corrected chi connectivity index (χ1v) is 11.1. The monoisotopic (exact) mass is 464 g/mol. The summed E-state index contributed by atoms with van der Waals surface area (Å²) in [5.74, 6) is -1.38. The van der Waals surface area contributed by atoms with E-state index in [0.29, 0.717) is 6.42 Å². The molecule has 5 rings (SSSR count). The number of aromatic hydroxyl groups is 2. The van der Waals surface area contributed by atoms with Crippen LogP contribution in [0.4, 0.5) is 27.5 Å². The molecule has 34 heavy (non-hydrogen) atoms. The van der Waals surface area contributed by atoms with Crippen molar-refractivity contribution in [1.82, 2.24) is 15.0 Å². The molecule has 4 aromatic rings. The molecular formula is C24H25FN6O3. The lowest BCUT2D eigenvalue weighted by Gasteiger charge is -2.28. The van der Waals surface area contributed by atoms with E-state index in [4.69, 9.17) is 10.5 Å². The molecule has 1 aliphatic carbocycles. The maximum atomic E-state index is 14.6. The number of H-pyrrole nitrogens is 1. The van der Waals surface area contributed by atoms with Gasteiger partial charge in [-0.15, -0.1) is 0 Å². The van der Waals surface area contributed by atoms with Gasteiger partial charge in [0.25, 0.3) is 0 Å². The molecule has 2 aromatic heterocycles. The average Bonchev–Trinajstić information content (AvgIpc) is 3.31. The predicted octanol–water partition coefficient (Wildman–Crippen LogP) is 4.64. The minimum absolute atomic E-state index is 0.00651. The number of aromatic amines is 1. The Kier molecular flexibility index (Phi) is 5.81. The Labute approximate surface area is 194 Å². The van der Waals surface area contributed by atoms with Crippen molar-refractivity contribution in [3.05, 3.63) is 54.6 Å². The number of fused-ring (bicyclic) bond motifs is 1. The highest BCUT2D eigenvalue weighted by molar-refractivity contribution is 5.93. The van der Waals surface area contributed by atoms with E-state index in [2.05, 4.69) is 25.6 Å². The average molecular weight is 465 g/mol. The van der Waals surface area contributed by atoms with Crippen molar-refractivity contribution in [3.63, 3.8) is 0 Å². The predicted molar refractivity (Wildman–Crippen MR) is 127 cm³/mol. The van der Waals surface area contributed by atoms with Gasteiger partial charge in [-0.25, -0.2) is 9.37 Å². The van der Waals surface area contributed by atoms with E-state index in [1.165, 1.54) is 12.1 Å². The van der Waals surface area contributed by atoms with Crippen molar-refractivity contribution >= 4 is 34.0 Å². The molecule has 1 saturated carbocycles. The van der Waals surface area contributed by atoms with Gasteiger partial charge in [-0.05, 0) is 56.0 Å². The van der Waals surface area contributed by atoms with Gasteiger partial charge in [-0.3, -0.25) is 0 Å². The number of benzene rings is 2. The Hall–Kier alpha value is -4.05. The standard InChI is InChI=1S/C24H25FN6O3/c25-16-12-28-24(30-18-6-2-5-17-15(18)9-10-27-17)31-23(16)29-19-7-8-20(32)21(33)22(19)34-14-4-1-3-13(26)11-14/h2,5-10,12-14,27,32-33H,1,3-4,11,26H2,(H2,28,29,30,31)/t13-,14?/m0/s1. The van der Waals surface area contributed by atoms with Gasteiger partial charge in [0.1, 0.15) is 6.10 Å². The van der Waals surface area contributed by atoms with Crippen molar-refractivity contribution in [2.75, 3.05) is 10.6 Å². The Bertz CT molecular complexity index is 1330. The molecule has 0 radical (unpaired) electrons. The van der Waals surface area contributed by atoms with Crippen molar-refractivity contribution in [2.45, 2.75) is 37.8 Å². The van der Waals surface area contributed by atoms with Gasteiger partial charge < -0.3 is 36.3 Å². The normalized spacial score (nSPS) is 18.1. The molecule has 0 bridgehead atoms. The Morgan fingerprint density at radius 1 is 1.09 bits per heavy atom. The van der Waals surface area contributed by atoms with Gasteiger partial charge in [0.15, 0.2) is 23.1 Å². The number of rotatable bonds is 6. The Balaban J connectivity index is 1.43. The number of phenols is 2. The molecule has 0 spiro atoms. The minimum Gasteiger partial charge on any atom is -0.504 e. The fourth-order valence-corrected chi connectivity index (χ4v) is 4.19. The first kappa shape index (κ1) is 21.8. The molecule has 2 atom stereocenters. The van der Waals surface area contributed by atoms with Crippen LogP contribution in [-0.4, -0.2) is 37.3 Å². The second kappa shape index (κ2) is 9.06. The molecule has 7 N–H and O–H groups in total. The lowest BCUT2D eigenvalue weighted by atomic mass is 9.93. The third kappa shape index (κ3) is 4.40. The summed E-state index contributed by atoms with van der Waals surface area (Å²) < 4.78 is 20.6. The van der Waals surface area contributed by atoms with E-state index >= 15 is 0 Å². The van der Waals surface area contributed by atoms with Gasteiger partial charge in [0, 0.05) is 23.1 Å². The van der Waals surface area contributed by atoms with E-state index in [-0.39, 0.29) is 41.1 Å². The first-order chi connectivity index (χ1) is 16.5. The molecule has 2 aromatic carbocycles. The molecule has 1 aliphatic rings. The van der Waals surface area contributed by atoms with Crippen molar-refractivity contribution in [1.29, 1.82) is 0 Å². The zero-order valence-electron chi connectivity index (χ0n) is 18.3. The molecule has 2 heterocycles. The zero-order chi connectivity index (χ0) is 23.7. The molecule has 176 valence electrons. The van der Waals surface area contributed by atoms with Crippen LogP contribution >= 0.6 is 0 Å². The van der Waals surface area contributed by atoms with Crippen LogP contribution in [0.25, 0.3) is 10.9 Å². The van der Waals surface area contributed by atoms with E-state index in [0.717, 1.165) is 42.0 Å².